The zero-order valence-corrected chi connectivity index (χ0v) is 14.7. The molecule has 2 aliphatic heterocycles. The van der Waals surface area contributed by atoms with Crippen LogP contribution in [0, 0.1) is 0 Å². The van der Waals surface area contributed by atoms with E-state index in [9.17, 15) is 4.79 Å². The average Bonchev–Trinajstić information content (AvgIpc) is 2.99. The highest BCUT2D eigenvalue weighted by molar-refractivity contribution is 5.82. The molecule has 1 aromatic carbocycles. The lowest BCUT2D eigenvalue weighted by molar-refractivity contribution is 0.0646. The molecule has 0 bridgehead atoms. The third kappa shape index (κ3) is 2.38. The minimum atomic E-state index is 0.0779. The maximum Gasteiger partial charge on any atom is 0.319 e. The predicted molar refractivity (Wildman–Crippen MR) is 94.1 cm³/mol. The highest BCUT2D eigenvalue weighted by Crippen LogP contribution is 2.42. The number of furan rings is 1. The van der Waals surface area contributed by atoms with E-state index in [1.807, 2.05) is 32.1 Å². The second kappa shape index (κ2) is 5.81. The number of fused-ring (bicyclic) bond motifs is 5. The summed E-state index contributed by atoms with van der Waals surface area (Å²) in [5, 5.41) is 1.26. The van der Waals surface area contributed by atoms with Crippen LogP contribution in [0.25, 0.3) is 11.0 Å². The molecule has 2 unspecified atom stereocenters. The number of para-hydroxylation sites is 1. The number of benzene rings is 1. The van der Waals surface area contributed by atoms with Gasteiger partial charge in [-0.1, -0.05) is 18.2 Å². The number of hydrogen-bond donors (Lipinski definition) is 0. The first kappa shape index (κ1) is 15.5. The first-order valence-corrected chi connectivity index (χ1v) is 8.74. The van der Waals surface area contributed by atoms with Crippen LogP contribution in [0.2, 0.25) is 0 Å². The van der Waals surface area contributed by atoms with Crippen molar-refractivity contribution in [3.8, 4) is 0 Å². The van der Waals surface area contributed by atoms with Crippen LogP contribution >= 0.6 is 0 Å². The molecular weight excluding hydrogens is 302 g/mol. The molecule has 1 saturated heterocycles. The fourth-order valence-electron chi connectivity index (χ4n) is 4.26. The quantitative estimate of drug-likeness (QED) is 0.808. The van der Waals surface area contributed by atoms with Crippen molar-refractivity contribution in [3.05, 3.63) is 35.6 Å². The molecule has 0 saturated carbocycles. The molecule has 0 spiro atoms. The summed E-state index contributed by atoms with van der Waals surface area (Å²) in [6, 6.07) is 8.96. The van der Waals surface area contributed by atoms with Crippen molar-refractivity contribution < 1.29 is 9.21 Å². The van der Waals surface area contributed by atoms with Crippen molar-refractivity contribution in [2.24, 2.45) is 0 Å². The molecule has 5 heteroatoms. The number of piperidine rings is 1. The summed E-state index contributed by atoms with van der Waals surface area (Å²) >= 11 is 0. The van der Waals surface area contributed by atoms with Crippen molar-refractivity contribution in [1.82, 2.24) is 14.7 Å². The maximum absolute atomic E-state index is 12.3. The first-order valence-electron chi connectivity index (χ1n) is 8.74. The Kier molecular flexibility index (Phi) is 3.76. The minimum Gasteiger partial charge on any atom is -0.459 e. The van der Waals surface area contributed by atoms with E-state index in [4.69, 9.17) is 4.42 Å². The van der Waals surface area contributed by atoms with Crippen LogP contribution in [0.4, 0.5) is 4.79 Å². The van der Waals surface area contributed by atoms with Crippen LogP contribution in [-0.4, -0.2) is 61.0 Å². The zero-order valence-electron chi connectivity index (χ0n) is 14.7. The minimum absolute atomic E-state index is 0.0779. The first-order chi connectivity index (χ1) is 11.6. The van der Waals surface area contributed by atoms with Crippen molar-refractivity contribution >= 4 is 17.0 Å². The monoisotopic (exact) mass is 327 g/mol. The van der Waals surface area contributed by atoms with Crippen molar-refractivity contribution in [3.63, 3.8) is 0 Å². The number of nitrogens with zero attached hydrogens (tertiary/aromatic N) is 3. The van der Waals surface area contributed by atoms with Gasteiger partial charge in [0.05, 0.1) is 6.04 Å². The number of urea groups is 1. The van der Waals surface area contributed by atoms with Crippen LogP contribution in [0.15, 0.2) is 28.7 Å². The Morgan fingerprint density at radius 1 is 1.21 bits per heavy atom. The molecule has 5 nitrogen and oxygen atoms in total. The summed E-state index contributed by atoms with van der Waals surface area (Å²) < 4.78 is 6.24. The Bertz CT molecular complexity index is 767. The largest absolute Gasteiger partial charge is 0.459 e. The summed E-state index contributed by atoms with van der Waals surface area (Å²) in [7, 11) is 5.54. The molecule has 2 atom stereocenters. The standard InChI is InChI=1S/C19H25N3O2/c1-20(2)19(23)21(3)13-8-10-22-11-9-15-14-6-4-5-7-17(14)24-18(15)16(22)12-13/h4-7,13,16H,8-12H2,1-3H3. The Morgan fingerprint density at radius 3 is 2.79 bits per heavy atom. The van der Waals surface area contributed by atoms with Gasteiger partial charge >= 0.3 is 6.03 Å². The topological polar surface area (TPSA) is 39.9 Å². The molecule has 2 aliphatic rings. The van der Waals surface area contributed by atoms with E-state index in [2.05, 4.69) is 23.1 Å². The third-order valence-electron chi connectivity index (χ3n) is 5.60. The summed E-state index contributed by atoms with van der Waals surface area (Å²) in [6.07, 6.45) is 3.03. The number of carbonyl (C=O) groups excluding carboxylic acids is 1. The SMILES string of the molecule is CN(C)C(=O)N(C)C1CCN2CCc3c(oc4ccccc34)C2C1. The van der Waals surface area contributed by atoms with Gasteiger partial charge in [0.25, 0.3) is 0 Å². The van der Waals surface area contributed by atoms with E-state index in [1.165, 1.54) is 10.9 Å². The van der Waals surface area contributed by atoms with E-state index >= 15 is 0 Å². The number of hydrogen-bond acceptors (Lipinski definition) is 3. The van der Waals surface area contributed by atoms with Gasteiger partial charge in [0.15, 0.2) is 0 Å². The van der Waals surface area contributed by atoms with Crippen LogP contribution in [-0.2, 0) is 6.42 Å². The second-order valence-electron chi connectivity index (χ2n) is 7.21. The van der Waals surface area contributed by atoms with Gasteiger partial charge in [0.2, 0.25) is 0 Å². The normalized spacial score (nSPS) is 23.6. The fourth-order valence-corrected chi connectivity index (χ4v) is 4.26. The van der Waals surface area contributed by atoms with Gasteiger partial charge in [-0.25, -0.2) is 4.79 Å². The van der Waals surface area contributed by atoms with E-state index in [0.29, 0.717) is 0 Å². The molecule has 2 amide bonds. The number of rotatable bonds is 1. The van der Waals surface area contributed by atoms with E-state index in [1.54, 1.807) is 4.90 Å². The Balaban J connectivity index is 1.64. The zero-order chi connectivity index (χ0) is 16.8. The molecule has 4 rings (SSSR count). The van der Waals surface area contributed by atoms with Gasteiger partial charge in [-0.2, -0.15) is 0 Å². The van der Waals surface area contributed by atoms with Crippen LogP contribution in [0.3, 0.4) is 0 Å². The van der Waals surface area contributed by atoms with Gasteiger partial charge in [-0.15, -0.1) is 0 Å². The predicted octanol–water partition coefficient (Wildman–Crippen LogP) is 3.11. The van der Waals surface area contributed by atoms with Crippen molar-refractivity contribution in [2.75, 3.05) is 34.2 Å². The van der Waals surface area contributed by atoms with E-state index < -0.39 is 0 Å². The molecule has 0 aliphatic carbocycles. The summed E-state index contributed by atoms with van der Waals surface area (Å²) in [4.78, 5) is 18.4. The van der Waals surface area contributed by atoms with Gasteiger partial charge in [0.1, 0.15) is 11.3 Å². The summed E-state index contributed by atoms with van der Waals surface area (Å²) in [5.74, 6) is 1.12. The van der Waals surface area contributed by atoms with Crippen LogP contribution < -0.4 is 0 Å². The lowest BCUT2D eigenvalue weighted by Gasteiger charge is -2.44. The number of carbonyl (C=O) groups is 1. The lowest BCUT2D eigenvalue weighted by atomic mass is 9.88. The third-order valence-corrected chi connectivity index (χ3v) is 5.60. The van der Waals surface area contributed by atoms with Crippen molar-refractivity contribution in [2.45, 2.75) is 31.3 Å². The molecule has 0 N–H and O–H groups in total. The molecule has 2 aromatic rings. The molecular formula is C19H25N3O2. The number of amides is 2. The smallest absolute Gasteiger partial charge is 0.319 e. The Labute approximate surface area is 142 Å². The molecule has 1 aromatic heterocycles. The molecule has 24 heavy (non-hydrogen) atoms. The fraction of sp³-hybridized carbons (Fsp3) is 0.526. The Hall–Kier alpha value is -2.01. The van der Waals surface area contributed by atoms with Crippen LogP contribution in [0.1, 0.15) is 30.2 Å². The van der Waals surface area contributed by atoms with Crippen molar-refractivity contribution in [1.29, 1.82) is 0 Å². The van der Waals surface area contributed by atoms with E-state index in [0.717, 1.165) is 43.7 Å². The Morgan fingerprint density at radius 2 is 2.00 bits per heavy atom. The molecule has 1 fully saturated rings. The second-order valence-corrected chi connectivity index (χ2v) is 7.21. The molecule has 0 radical (unpaired) electrons. The molecule has 3 heterocycles. The van der Waals surface area contributed by atoms with E-state index in [-0.39, 0.29) is 18.1 Å². The van der Waals surface area contributed by atoms with Crippen LogP contribution in [0.5, 0.6) is 0 Å². The van der Waals surface area contributed by atoms with Gasteiger partial charge in [-0.3, -0.25) is 4.90 Å². The van der Waals surface area contributed by atoms with Gasteiger partial charge in [0, 0.05) is 51.2 Å². The summed E-state index contributed by atoms with van der Waals surface area (Å²) in [6.45, 7) is 2.11. The van der Waals surface area contributed by atoms with Gasteiger partial charge < -0.3 is 14.2 Å². The maximum atomic E-state index is 12.3. The average molecular weight is 327 g/mol. The summed E-state index contributed by atoms with van der Waals surface area (Å²) in [5.41, 5.74) is 2.36. The molecule has 128 valence electrons. The highest BCUT2D eigenvalue weighted by atomic mass is 16.3. The van der Waals surface area contributed by atoms with Gasteiger partial charge in [-0.05, 0) is 25.3 Å². The lowest BCUT2D eigenvalue weighted by Crippen LogP contribution is -2.50. The highest BCUT2D eigenvalue weighted by Gasteiger charge is 2.39.